The number of nitrogens with one attached hydrogen (secondary N) is 1. The van der Waals surface area contributed by atoms with Gasteiger partial charge in [-0.1, -0.05) is 78.9 Å². The predicted octanol–water partition coefficient (Wildman–Crippen LogP) is 5.47. The highest BCUT2D eigenvalue weighted by molar-refractivity contribution is 6.06. The second-order valence-electron chi connectivity index (χ2n) is 6.66. The largest absolute Gasteiger partial charge is 0.325 e. The van der Waals surface area contributed by atoms with Crippen LogP contribution < -0.4 is 5.32 Å². The molecule has 1 N–H and O–H groups in total. The summed E-state index contributed by atoms with van der Waals surface area (Å²) in [7, 11) is 0. The molecule has 1 atom stereocenters. The van der Waals surface area contributed by atoms with Gasteiger partial charge in [-0.05, 0) is 27.3 Å². The number of fused-ring (bicyclic) bond motifs is 4. The van der Waals surface area contributed by atoms with Crippen LogP contribution in [0.15, 0.2) is 78.9 Å². The van der Waals surface area contributed by atoms with Gasteiger partial charge in [0.1, 0.15) is 0 Å². The number of carbonyl (C=O) groups excluding carboxylic acids is 1. The van der Waals surface area contributed by atoms with E-state index in [1.165, 1.54) is 21.9 Å². The van der Waals surface area contributed by atoms with Gasteiger partial charge in [-0.25, -0.2) is 0 Å². The molecule has 0 aliphatic carbocycles. The minimum absolute atomic E-state index is 0.0852. The minimum Gasteiger partial charge on any atom is -0.325 e. The molecule has 2 nitrogen and oxygen atoms in total. The SMILES string of the molecule is O=C1CC(c2ccc3ccccc3c2)c2ccc3ccccc3c2N1. The Morgan fingerprint density at radius 3 is 2.36 bits per heavy atom. The van der Waals surface area contributed by atoms with Crippen molar-refractivity contribution in [3.05, 3.63) is 90.0 Å². The normalized spacial score (nSPS) is 16.6. The fourth-order valence-electron chi connectivity index (χ4n) is 3.93. The van der Waals surface area contributed by atoms with E-state index in [1.54, 1.807) is 0 Å². The van der Waals surface area contributed by atoms with Crippen LogP contribution in [0.2, 0.25) is 0 Å². The maximum absolute atomic E-state index is 12.4. The van der Waals surface area contributed by atoms with Crippen LogP contribution in [0.5, 0.6) is 0 Å². The maximum atomic E-state index is 12.4. The van der Waals surface area contributed by atoms with Gasteiger partial charge in [0.05, 0.1) is 5.69 Å². The summed E-state index contributed by atoms with van der Waals surface area (Å²) in [5.41, 5.74) is 3.37. The van der Waals surface area contributed by atoms with Crippen molar-refractivity contribution in [3.63, 3.8) is 0 Å². The van der Waals surface area contributed by atoms with E-state index in [9.17, 15) is 4.79 Å². The first-order valence-corrected chi connectivity index (χ1v) is 8.60. The number of rotatable bonds is 1. The van der Waals surface area contributed by atoms with Crippen molar-refractivity contribution in [3.8, 4) is 0 Å². The molecule has 1 heterocycles. The van der Waals surface area contributed by atoms with Crippen LogP contribution in [0.4, 0.5) is 5.69 Å². The van der Waals surface area contributed by atoms with Gasteiger partial charge < -0.3 is 5.32 Å². The van der Waals surface area contributed by atoms with E-state index in [0.717, 1.165) is 16.5 Å². The van der Waals surface area contributed by atoms with Crippen LogP contribution in [0, 0.1) is 0 Å². The second kappa shape index (κ2) is 5.45. The molecule has 25 heavy (non-hydrogen) atoms. The molecule has 1 aliphatic heterocycles. The van der Waals surface area contributed by atoms with Gasteiger partial charge in [0.2, 0.25) is 5.91 Å². The Kier molecular flexibility index (Phi) is 3.10. The van der Waals surface area contributed by atoms with Crippen LogP contribution in [-0.4, -0.2) is 5.91 Å². The van der Waals surface area contributed by atoms with Gasteiger partial charge in [-0.15, -0.1) is 0 Å². The Labute approximate surface area is 146 Å². The fraction of sp³-hybridized carbons (Fsp3) is 0.0870. The van der Waals surface area contributed by atoms with E-state index in [1.807, 2.05) is 12.1 Å². The Hall–Kier alpha value is -3.13. The van der Waals surface area contributed by atoms with E-state index in [2.05, 4.69) is 72.0 Å². The highest BCUT2D eigenvalue weighted by atomic mass is 16.1. The van der Waals surface area contributed by atoms with E-state index in [4.69, 9.17) is 0 Å². The fourth-order valence-corrected chi connectivity index (χ4v) is 3.93. The quantitative estimate of drug-likeness (QED) is 0.494. The van der Waals surface area contributed by atoms with Gasteiger partial charge in [0, 0.05) is 17.7 Å². The average molecular weight is 323 g/mol. The number of carbonyl (C=O) groups is 1. The molecular formula is C23H17NO. The summed E-state index contributed by atoms with van der Waals surface area (Å²) in [6.07, 6.45) is 0.490. The average Bonchev–Trinajstić information content (AvgIpc) is 2.67. The standard InChI is InChI=1S/C23H17NO/c25-22-14-21(18-10-9-15-5-1-2-7-17(15)13-18)20-12-11-16-6-3-4-8-19(16)23(20)24-22/h1-13,21H,14H2,(H,24,25). The zero-order chi connectivity index (χ0) is 16.8. The zero-order valence-electron chi connectivity index (χ0n) is 13.7. The first kappa shape index (κ1) is 14.2. The van der Waals surface area contributed by atoms with E-state index in [0.29, 0.717) is 6.42 Å². The number of hydrogen-bond donors (Lipinski definition) is 1. The van der Waals surface area contributed by atoms with Gasteiger partial charge in [0.25, 0.3) is 0 Å². The topological polar surface area (TPSA) is 29.1 Å². The molecule has 4 aromatic carbocycles. The van der Waals surface area contributed by atoms with E-state index >= 15 is 0 Å². The Bertz CT molecular complexity index is 1130. The highest BCUT2D eigenvalue weighted by Gasteiger charge is 2.27. The smallest absolute Gasteiger partial charge is 0.225 e. The first-order valence-electron chi connectivity index (χ1n) is 8.60. The molecule has 120 valence electrons. The molecule has 0 fully saturated rings. The third-order valence-electron chi connectivity index (χ3n) is 5.17. The third kappa shape index (κ3) is 2.30. The summed E-state index contributed by atoms with van der Waals surface area (Å²) in [5.74, 6) is 0.181. The lowest BCUT2D eigenvalue weighted by atomic mass is 9.83. The zero-order valence-corrected chi connectivity index (χ0v) is 13.7. The number of benzene rings is 4. The van der Waals surface area contributed by atoms with Crippen LogP contribution in [0.25, 0.3) is 21.5 Å². The summed E-state index contributed by atoms with van der Waals surface area (Å²) in [4.78, 5) is 12.4. The van der Waals surface area contributed by atoms with Gasteiger partial charge in [0.15, 0.2) is 0 Å². The number of anilines is 1. The maximum Gasteiger partial charge on any atom is 0.225 e. The summed E-state index contributed by atoms with van der Waals surface area (Å²) in [6.45, 7) is 0. The molecule has 2 heteroatoms. The van der Waals surface area contributed by atoms with E-state index in [-0.39, 0.29) is 11.8 Å². The van der Waals surface area contributed by atoms with Crippen LogP contribution in [0.3, 0.4) is 0 Å². The van der Waals surface area contributed by atoms with Gasteiger partial charge in [-0.2, -0.15) is 0 Å². The Morgan fingerprint density at radius 1 is 0.760 bits per heavy atom. The van der Waals surface area contributed by atoms with Crippen molar-refractivity contribution in [2.45, 2.75) is 12.3 Å². The number of hydrogen-bond acceptors (Lipinski definition) is 1. The van der Waals surface area contributed by atoms with Crippen molar-refractivity contribution in [1.29, 1.82) is 0 Å². The van der Waals surface area contributed by atoms with Crippen molar-refractivity contribution in [2.24, 2.45) is 0 Å². The molecule has 0 radical (unpaired) electrons. The minimum atomic E-state index is 0.0852. The summed E-state index contributed by atoms with van der Waals surface area (Å²) in [5, 5.41) is 7.81. The molecule has 0 saturated heterocycles. The molecule has 0 aromatic heterocycles. The highest BCUT2D eigenvalue weighted by Crippen LogP contribution is 2.41. The lowest BCUT2D eigenvalue weighted by Crippen LogP contribution is -2.23. The lowest BCUT2D eigenvalue weighted by Gasteiger charge is -2.27. The first-order chi connectivity index (χ1) is 12.3. The summed E-state index contributed by atoms with van der Waals surface area (Å²) in [6, 6.07) is 27.4. The van der Waals surface area contributed by atoms with Crippen molar-refractivity contribution < 1.29 is 4.79 Å². The second-order valence-corrected chi connectivity index (χ2v) is 6.66. The molecule has 1 amide bonds. The predicted molar refractivity (Wildman–Crippen MR) is 103 cm³/mol. The molecule has 4 aromatic rings. The van der Waals surface area contributed by atoms with Crippen molar-refractivity contribution in [1.82, 2.24) is 0 Å². The Morgan fingerprint density at radius 2 is 1.48 bits per heavy atom. The molecule has 1 unspecified atom stereocenters. The molecule has 1 aliphatic rings. The van der Waals surface area contributed by atoms with Crippen molar-refractivity contribution in [2.75, 3.05) is 5.32 Å². The van der Waals surface area contributed by atoms with Crippen molar-refractivity contribution >= 4 is 33.1 Å². The van der Waals surface area contributed by atoms with Gasteiger partial charge >= 0.3 is 0 Å². The summed E-state index contributed by atoms with van der Waals surface area (Å²) < 4.78 is 0. The molecule has 5 rings (SSSR count). The molecule has 0 saturated carbocycles. The van der Waals surface area contributed by atoms with Crippen LogP contribution >= 0.6 is 0 Å². The number of amides is 1. The monoisotopic (exact) mass is 323 g/mol. The van der Waals surface area contributed by atoms with Gasteiger partial charge in [-0.3, -0.25) is 4.79 Å². The van der Waals surface area contributed by atoms with Crippen LogP contribution in [0.1, 0.15) is 23.5 Å². The van der Waals surface area contributed by atoms with Crippen LogP contribution in [-0.2, 0) is 4.79 Å². The molecular weight excluding hydrogens is 306 g/mol. The van der Waals surface area contributed by atoms with E-state index < -0.39 is 0 Å². The molecule has 0 spiro atoms. The third-order valence-corrected chi connectivity index (χ3v) is 5.17. The molecule has 0 bridgehead atoms. The summed E-state index contributed by atoms with van der Waals surface area (Å²) >= 11 is 0. The Balaban J connectivity index is 1.72. The lowest BCUT2D eigenvalue weighted by molar-refractivity contribution is -0.116.